The lowest BCUT2D eigenvalue weighted by molar-refractivity contribution is 0.102. The van der Waals surface area contributed by atoms with Crippen LogP contribution in [0.25, 0.3) is 11.3 Å². The van der Waals surface area contributed by atoms with Gasteiger partial charge in [-0.05, 0) is 36.4 Å². The number of aromatic nitrogens is 1. The highest BCUT2D eigenvalue weighted by molar-refractivity contribution is 6.04. The van der Waals surface area contributed by atoms with Gasteiger partial charge in [0.2, 0.25) is 0 Å². The summed E-state index contributed by atoms with van der Waals surface area (Å²) in [5, 5.41) is 2.86. The minimum atomic E-state index is -0.161. The van der Waals surface area contributed by atoms with Crippen molar-refractivity contribution in [1.82, 2.24) is 4.98 Å². The maximum atomic E-state index is 12.3. The molecular formula is C19H16N2O2. The molecule has 0 aliphatic heterocycles. The van der Waals surface area contributed by atoms with E-state index in [2.05, 4.69) is 10.3 Å². The van der Waals surface area contributed by atoms with E-state index in [0.717, 1.165) is 11.3 Å². The first-order chi connectivity index (χ1) is 11.3. The van der Waals surface area contributed by atoms with Gasteiger partial charge in [-0.25, -0.2) is 0 Å². The van der Waals surface area contributed by atoms with Crippen LogP contribution in [0.4, 0.5) is 5.69 Å². The van der Waals surface area contributed by atoms with Gasteiger partial charge in [0, 0.05) is 29.1 Å². The number of carbonyl (C=O) groups is 1. The number of nitrogens with one attached hydrogen (secondary N) is 1. The number of hydrogen-bond donors (Lipinski definition) is 1. The molecule has 4 nitrogen and oxygen atoms in total. The molecule has 0 aliphatic carbocycles. The Labute approximate surface area is 134 Å². The van der Waals surface area contributed by atoms with Gasteiger partial charge in [0.05, 0.1) is 12.8 Å². The lowest BCUT2D eigenvalue weighted by Crippen LogP contribution is -2.11. The number of pyridine rings is 1. The Balaban J connectivity index is 1.75. The van der Waals surface area contributed by atoms with Gasteiger partial charge in [-0.2, -0.15) is 0 Å². The summed E-state index contributed by atoms with van der Waals surface area (Å²) in [6.45, 7) is 0. The van der Waals surface area contributed by atoms with Crippen molar-refractivity contribution in [1.29, 1.82) is 0 Å². The first kappa shape index (κ1) is 14.8. The number of benzene rings is 2. The average molecular weight is 304 g/mol. The zero-order chi connectivity index (χ0) is 16.1. The van der Waals surface area contributed by atoms with Crippen LogP contribution < -0.4 is 10.1 Å². The molecule has 114 valence electrons. The highest BCUT2D eigenvalue weighted by Gasteiger charge is 2.07. The minimum Gasteiger partial charge on any atom is -0.497 e. The third-order valence-electron chi connectivity index (χ3n) is 3.44. The van der Waals surface area contributed by atoms with Crippen LogP contribution in [-0.2, 0) is 0 Å². The molecule has 1 amide bonds. The molecule has 1 aromatic heterocycles. The number of carbonyl (C=O) groups excluding carboxylic acids is 1. The molecule has 2 aromatic carbocycles. The first-order valence-corrected chi connectivity index (χ1v) is 7.23. The number of amides is 1. The fourth-order valence-corrected chi connectivity index (χ4v) is 2.23. The van der Waals surface area contributed by atoms with Crippen molar-refractivity contribution in [2.24, 2.45) is 0 Å². The zero-order valence-corrected chi connectivity index (χ0v) is 12.7. The van der Waals surface area contributed by atoms with Crippen LogP contribution in [0.1, 0.15) is 10.4 Å². The molecule has 23 heavy (non-hydrogen) atoms. The maximum Gasteiger partial charge on any atom is 0.255 e. The lowest BCUT2D eigenvalue weighted by atomic mass is 10.1. The fourth-order valence-electron chi connectivity index (χ4n) is 2.23. The molecule has 4 heteroatoms. The van der Waals surface area contributed by atoms with Gasteiger partial charge >= 0.3 is 0 Å². The summed E-state index contributed by atoms with van der Waals surface area (Å²) in [5.74, 6) is 0.541. The molecule has 0 saturated heterocycles. The van der Waals surface area contributed by atoms with E-state index in [9.17, 15) is 4.79 Å². The van der Waals surface area contributed by atoms with Crippen molar-refractivity contribution in [2.75, 3.05) is 12.4 Å². The number of ether oxygens (including phenoxy) is 1. The van der Waals surface area contributed by atoms with Gasteiger partial charge < -0.3 is 10.1 Å². The molecule has 1 N–H and O–H groups in total. The summed E-state index contributed by atoms with van der Waals surface area (Å²) < 4.78 is 5.15. The summed E-state index contributed by atoms with van der Waals surface area (Å²) in [6, 6.07) is 20.4. The second-order valence-corrected chi connectivity index (χ2v) is 4.98. The smallest absolute Gasteiger partial charge is 0.255 e. The van der Waals surface area contributed by atoms with Crippen LogP contribution in [-0.4, -0.2) is 18.0 Å². The van der Waals surface area contributed by atoms with Crippen molar-refractivity contribution in [3.8, 4) is 17.0 Å². The molecule has 0 radical (unpaired) electrons. The number of rotatable bonds is 4. The lowest BCUT2D eigenvalue weighted by Gasteiger charge is -2.07. The third-order valence-corrected chi connectivity index (χ3v) is 3.44. The van der Waals surface area contributed by atoms with E-state index in [1.807, 2.05) is 48.5 Å². The van der Waals surface area contributed by atoms with E-state index >= 15 is 0 Å². The van der Waals surface area contributed by atoms with Gasteiger partial charge in [-0.1, -0.05) is 24.3 Å². The van der Waals surface area contributed by atoms with Crippen LogP contribution >= 0.6 is 0 Å². The summed E-state index contributed by atoms with van der Waals surface area (Å²) in [6.07, 6.45) is 1.75. The number of methoxy groups -OCH3 is 1. The van der Waals surface area contributed by atoms with Crippen LogP contribution in [0.3, 0.4) is 0 Å². The Kier molecular flexibility index (Phi) is 4.34. The highest BCUT2D eigenvalue weighted by Crippen LogP contribution is 2.19. The standard InChI is InChI=1S/C19H16N2O2/c1-23-17-6-4-5-16(13-17)21-19(22)15-10-8-14(9-11-15)18-7-2-3-12-20-18/h2-13H,1H3,(H,21,22). The Hall–Kier alpha value is -3.14. The van der Waals surface area contributed by atoms with Gasteiger partial charge in [0.1, 0.15) is 5.75 Å². The Morgan fingerprint density at radius 2 is 1.83 bits per heavy atom. The number of anilines is 1. The Bertz CT molecular complexity index is 799. The van der Waals surface area contributed by atoms with E-state index in [1.54, 1.807) is 31.5 Å². The Morgan fingerprint density at radius 1 is 1.00 bits per heavy atom. The van der Waals surface area contributed by atoms with E-state index in [1.165, 1.54) is 0 Å². The summed E-state index contributed by atoms with van der Waals surface area (Å²) in [4.78, 5) is 16.6. The molecule has 0 aliphatic rings. The van der Waals surface area contributed by atoms with Crippen molar-refractivity contribution >= 4 is 11.6 Å². The molecule has 0 unspecified atom stereocenters. The van der Waals surface area contributed by atoms with Gasteiger partial charge in [0.15, 0.2) is 0 Å². The largest absolute Gasteiger partial charge is 0.497 e. The second-order valence-electron chi connectivity index (χ2n) is 4.98. The molecule has 3 rings (SSSR count). The Morgan fingerprint density at radius 3 is 2.52 bits per heavy atom. The quantitative estimate of drug-likeness (QED) is 0.792. The van der Waals surface area contributed by atoms with Gasteiger partial charge in [-0.15, -0.1) is 0 Å². The summed E-state index contributed by atoms with van der Waals surface area (Å²) in [5.41, 5.74) is 3.14. The predicted molar refractivity (Wildman–Crippen MR) is 90.6 cm³/mol. The number of nitrogens with zero attached hydrogens (tertiary/aromatic N) is 1. The summed E-state index contributed by atoms with van der Waals surface area (Å²) in [7, 11) is 1.59. The van der Waals surface area contributed by atoms with E-state index in [0.29, 0.717) is 17.0 Å². The van der Waals surface area contributed by atoms with Gasteiger partial charge in [-0.3, -0.25) is 9.78 Å². The van der Waals surface area contributed by atoms with Crippen molar-refractivity contribution in [3.05, 3.63) is 78.5 Å². The number of hydrogen-bond acceptors (Lipinski definition) is 3. The van der Waals surface area contributed by atoms with Gasteiger partial charge in [0.25, 0.3) is 5.91 Å². The van der Waals surface area contributed by atoms with Crippen molar-refractivity contribution < 1.29 is 9.53 Å². The predicted octanol–water partition coefficient (Wildman–Crippen LogP) is 4.01. The molecular weight excluding hydrogens is 288 g/mol. The van der Waals surface area contributed by atoms with E-state index < -0.39 is 0 Å². The minimum absolute atomic E-state index is 0.161. The van der Waals surface area contributed by atoms with Crippen LogP contribution in [0.15, 0.2) is 72.9 Å². The first-order valence-electron chi connectivity index (χ1n) is 7.23. The zero-order valence-electron chi connectivity index (χ0n) is 12.7. The van der Waals surface area contributed by atoms with E-state index in [-0.39, 0.29) is 5.91 Å². The topological polar surface area (TPSA) is 51.2 Å². The molecule has 0 atom stereocenters. The molecule has 0 saturated carbocycles. The second kappa shape index (κ2) is 6.75. The van der Waals surface area contributed by atoms with Crippen LogP contribution in [0.2, 0.25) is 0 Å². The van der Waals surface area contributed by atoms with Crippen molar-refractivity contribution in [3.63, 3.8) is 0 Å². The molecule has 3 aromatic rings. The maximum absolute atomic E-state index is 12.3. The third kappa shape index (κ3) is 3.55. The monoisotopic (exact) mass is 304 g/mol. The fraction of sp³-hybridized carbons (Fsp3) is 0.0526. The molecule has 1 heterocycles. The normalized spacial score (nSPS) is 10.1. The molecule has 0 spiro atoms. The average Bonchev–Trinajstić information content (AvgIpc) is 2.63. The summed E-state index contributed by atoms with van der Waals surface area (Å²) >= 11 is 0. The van der Waals surface area contributed by atoms with E-state index in [4.69, 9.17) is 4.74 Å². The SMILES string of the molecule is COc1cccc(NC(=O)c2ccc(-c3ccccn3)cc2)c1. The van der Waals surface area contributed by atoms with Crippen molar-refractivity contribution in [2.45, 2.75) is 0 Å². The molecule has 0 bridgehead atoms. The van der Waals surface area contributed by atoms with Crippen LogP contribution in [0.5, 0.6) is 5.75 Å². The molecule has 0 fully saturated rings. The highest BCUT2D eigenvalue weighted by atomic mass is 16.5. The van der Waals surface area contributed by atoms with Crippen LogP contribution in [0, 0.1) is 0 Å².